The van der Waals surface area contributed by atoms with Crippen LogP contribution in [0.4, 0.5) is 0 Å². The fourth-order valence-corrected chi connectivity index (χ4v) is 4.00. The van der Waals surface area contributed by atoms with Crippen molar-refractivity contribution in [3.8, 4) is 0 Å². The van der Waals surface area contributed by atoms with E-state index in [1.165, 1.54) is 8.66 Å². The molecule has 0 aliphatic carbocycles. The van der Waals surface area contributed by atoms with E-state index in [4.69, 9.17) is 0 Å². The zero-order chi connectivity index (χ0) is 13.7. The standard InChI is InChI=1S/C14H21BrN2OS/c1-16-11-7-9-17(10-8-11)14(18)4-2-3-12-5-6-13(15)19-12/h5-6,11,16H,2-4,7-10H2,1H3. The van der Waals surface area contributed by atoms with Gasteiger partial charge < -0.3 is 10.2 Å². The summed E-state index contributed by atoms with van der Waals surface area (Å²) in [7, 11) is 2.00. The van der Waals surface area contributed by atoms with Crippen LogP contribution in [-0.2, 0) is 11.2 Å². The van der Waals surface area contributed by atoms with E-state index in [1.54, 1.807) is 11.3 Å². The van der Waals surface area contributed by atoms with Crippen molar-refractivity contribution in [2.24, 2.45) is 0 Å². The highest BCUT2D eigenvalue weighted by Crippen LogP contribution is 2.23. The van der Waals surface area contributed by atoms with Crippen molar-refractivity contribution in [2.45, 2.75) is 38.1 Å². The third kappa shape index (κ3) is 4.58. The number of halogens is 1. The van der Waals surface area contributed by atoms with Gasteiger partial charge in [-0.1, -0.05) is 0 Å². The van der Waals surface area contributed by atoms with Crippen LogP contribution in [0.5, 0.6) is 0 Å². The average Bonchev–Trinajstić information content (AvgIpc) is 2.84. The molecule has 19 heavy (non-hydrogen) atoms. The summed E-state index contributed by atoms with van der Waals surface area (Å²) in [5.74, 6) is 0.324. The second-order valence-electron chi connectivity index (χ2n) is 5.00. The van der Waals surface area contributed by atoms with Crippen LogP contribution < -0.4 is 5.32 Å². The van der Waals surface area contributed by atoms with Gasteiger partial charge in [-0.15, -0.1) is 11.3 Å². The molecular weight excluding hydrogens is 324 g/mol. The smallest absolute Gasteiger partial charge is 0.222 e. The summed E-state index contributed by atoms with van der Waals surface area (Å²) >= 11 is 5.23. The molecule has 0 bridgehead atoms. The van der Waals surface area contributed by atoms with E-state index in [1.807, 2.05) is 11.9 Å². The number of piperidine rings is 1. The quantitative estimate of drug-likeness (QED) is 0.890. The van der Waals surface area contributed by atoms with Crippen molar-refractivity contribution in [1.82, 2.24) is 10.2 Å². The fourth-order valence-electron chi connectivity index (χ4n) is 2.48. The molecule has 2 rings (SSSR count). The minimum Gasteiger partial charge on any atom is -0.343 e. The average molecular weight is 345 g/mol. The Morgan fingerprint density at radius 3 is 2.79 bits per heavy atom. The topological polar surface area (TPSA) is 32.3 Å². The maximum absolute atomic E-state index is 12.1. The number of carbonyl (C=O) groups is 1. The Labute approximate surface area is 127 Å². The van der Waals surface area contributed by atoms with E-state index in [9.17, 15) is 4.79 Å². The third-order valence-electron chi connectivity index (χ3n) is 3.70. The largest absolute Gasteiger partial charge is 0.343 e. The van der Waals surface area contributed by atoms with E-state index in [-0.39, 0.29) is 0 Å². The number of nitrogens with one attached hydrogen (secondary N) is 1. The second kappa shape index (κ2) is 7.41. The van der Waals surface area contributed by atoms with E-state index >= 15 is 0 Å². The Morgan fingerprint density at radius 1 is 1.47 bits per heavy atom. The zero-order valence-electron chi connectivity index (χ0n) is 11.3. The molecule has 1 fully saturated rings. The Hall–Kier alpha value is -0.390. The fraction of sp³-hybridized carbons (Fsp3) is 0.643. The lowest BCUT2D eigenvalue weighted by atomic mass is 10.0. The Morgan fingerprint density at radius 2 is 2.21 bits per heavy atom. The van der Waals surface area contributed by atoms with Gasteiger partial charge in [0.05, 0.1) is 3.79 Å². The van der Waals surface area contributed by atoms with Crippen LogP contribution >= 0.6 is 27.3 Å². The molecule has 1 N–H and O–H groups in total. The first-order chi connectivity index (χ1) is 9.19. The van der Waals surface area contributed by atoms with E-state index in [0.717, 1.165) is 38.8 Å². The van der Waals surface area contributed by atoms with Crippen LogP contribution in [0.2, 0.25) is 0 Å². The van der Waals surface area contributed by atoms with Crippen molar-refractivity contribution in [1.29, 1.82) is 0 Å². The molecule has 5 heteroatoms. The SMILES string of the molecule is CNC1CCN(C(=O)CCCc2ccc(Br)s2)CC1. The van der Waals surface area contributed by atoms with Crippen molar-refractivity contribution in [3.63, 3.8) is 0 Å². The van der Waals surface area contributed by atoms with Gasteiger partial charge in [0.1, 0.15) is 0 Å². The summed E-state index contributed by atoms with van der Waals surface area (Å²) in [4.78, 5) is 15.5. The zero-order valence-corrected chi connectivity index (χ0v) is 13.7. The molecule has 2 heterocycles. The Kier molecular flexibility index (Phi) is 5.85. The number of amides is 1. The van der Waals surface area contributed by atoms with Crippen LogP contribution in [0.1, 0.15) is 30.6 Å². The highest BCUT2D eigenvalue weighted by atomic mass is 79.9. The minimum absolute atomic E-state index is 0.324. The molecule has 106 valence electrons. The van der Waals surface area contributed by atoms with Gasteiger partial charge in [-0.3, -0.25) is 4.79 Å². The Balaban J connectivity index is 1.67. The second-order valence-corrected chi connectivity index (χ2v) is 7.55. The van der Waals surface area contributed by atoms with Gasteiger partial charge in [-0.05, 0) is 60.8 Å². The molecule has 1 saturated heterocycles. The molecular formula is C14H21BrN2OS. The van der Waals surface area contributed by atoms with Gasteiger partial charge in [0.15, 0.2) is 0 Å². The third-order valence-corrected chi connectivity index (χ3v) is 5.38. The summed E-state index contributed by atoms with van der Waals surface area (Å²) in [6.07, 6.45) is 4.81. The van der Waals surface area contributed by atoms with Gasteiger partial charge in [-0.25, -0.2) is 0 Å². The molecule has 0 saturated carbocycles. The van der Waals surface area contributed by atoms with Crippen LogP contribution in [0.3, 0.4) is 0 Å². The first-order valence-corrected chi connectivity index (χ1v) is 8.49. The highest BCUT2D eigenvalue weighted by Gasteiger charge is 2.21. The first-order valence-electron chi connectivity index (χ1n) is 6.88. The number of carbonyl (C=O) groups excluding carboxylic acids is 1. The van der Waals surface area contributed by atoms with Crippen LogP contribution in [0, 0.1) is 0 Å². The van der Waals surface area contributed by atoms with Crippen molar-refractivity contribution in [3.05, 3.63) is 20.8 Å². The molecule has 1 amide bonds. The summed E-state index contributed by atoms with van der Waals surface area (Å²) in [5.41, 5.74) is 0. The summed E-state index contributed by atoms with van der Waals surface area (Å²) in [6.45, 7) is 1.82. The molecule has 3 nitrogen and oxygen atoms in total. The van der Waals surface area contributed by atoms with E-state index in [0.29, 0.717) is 18.4 Å². The number of aryl methyl sites for hydroxylation is 1. The lowest BCUT2D eigenvalue weighted by molar-refractivity contribution is -0.132. The number of likely N-dealkylation sites (tertiary alicyclic amines) is 1. The Bertz CT molecular complexity index is 413. The monoisotopic (exact) mass is 344 g/mol. The van der Waals surface area contributed by atoms with Gasteiger partial charge in [0, 0.05) is 30.4 Å². The van der Waals surface area contributed by atoms with Crippen molar-refractivity contribution >= 4 is 33.2 Å². The number of nitrogens with zero attached hydrogens (tertiary/aromatic N) is 1. The van der Waals surface area contributed by atoms with Crippen molar-refractivity contribution < 1.29 is 4.79 Å². The molecule has 0 aromatic carbocycles. The predicted molar refractivity (Wildman–Crippen MR) is 83.6 cm³/mol. The van der Waals surface area contributed by atoms with Gasteiger partial charge in [0.2, 0.25) is 5.91 Å². The molecule has 1 aliphatic rings. The van der Waals surface area contributed by atoms with Crippen LogP contribution in [0.25, 0.3) is 0 Å². The van der Waals surface area contributed by atoms with Crippen LogP contribution in [-0.4, -0.2) is 37.0 Å². The number of hydrogen-bond donors (Lipinski definition) is 1. The molecule has 1 aliphatic heterocycles. The predicted octanol–water partition coefficient (Wildman–Crippen LogP) is 3.04. The molecule has 0 unspecified atom stereocenters. The molecule has 0 atom stereocenters. The van der Waals surface area contributed by atoms with E-state index < -0.39 is 0 Å². The van der Waals surface area contributed by atoms with Crippen LogP contribution in [0.15, 0.2) is 15.9 Å². The lowest BCUT2D eigenvalue weighted by Crippen LogP contribution is -2.43. The van der Waals surface area contributed by atoms with Gasteiger partial charge >= 0.3 is 0 Å². The van der Waals surface area contributed by atoms with Gasteiger partial charge in [-0.2, -0.15) is 0 Å². The summed E-state index contributed by atoms with van der Waals surface area (Å²) in [6, 6.07) is 4.80. The summed E-state index contributed by atoms with van der Waals surface area (Å²) < 4.78 is 1.17. The molecule has 1 aromatic heterocycles. The first kappa shape index (κ1) is 15.0. The molecule has 0 radical (unpaired) electrons. The maximum Gasteiger partial charge on any atom is 0.222 e. The highest BCUT2D eigenvalue weighted by molar-refractivity contribution is 9.11. The number of hydrogen-bond acceptors (Lipinski definition) is 3. The van der Waals surface area contributed by atoms with Crippen molar-refractivity contribution in [2.75, 3.05) is 20.1 Å². The normalized spacial score (nSPS) is 16.8. The lowest BCUT2D eigenvalue weighted by Gasteiger charge is -2.31. The number of rotatable bonds is 5. The molecule has 1 aromatic rings. The minimum atomic E-state index is 0.324. The van der Waals surface area contributed by atoms with Gasteiger partial charge in [0.25, 0.3) is 0 Å². The molecule has 0 spiro atoms. The van der Waals surface area contributed by atoms with E-state index in [2.05, 4.69) is 33.4 Å². The maximum atomic E-state index is 12.1. The summed E-state index contributed by atoms with van der Waals surface area (Å²) in [5, 5.41) is 3.29. The number of thiophene rings is 1.